The number of thiophene rings is 1. The van der Waals surface area contributed by atoms with Crippen molar-refractivity contribution >= 4 is 34.1 Å². The highest BCUT2D eigenvalue weighted by molar-refractivity contribution is 7.18. The molecule has 0 aliphatic rings. The average molecular weight is 392 g/mol. The van der Waals surface area contributed by atoms with Gasteiger partial charge in [-0.2, -0.15) is 0 Å². The Bertz CT molecular complexity index is 890. The number of carbonyl (C=O) groups excluding carboxylic acids is 3. The third kappa shape index (κ3) is 4.20. The van der Waals surface area contributed by atoms with E-state index in [1.807, 2.05) is 0 Å². The fourth-order valence-electron chi connectivity index (χ4n) is 2.44. The average Bonchev–Trinajstić information content (AvgIpc) is 2.97. The first kappa shape index (κ1) is 20.2. The molecule has 3 N–H and O–H groups in total. The van der Waals surface area contributed by atoms with Gasteiger partial charge < -0.3 is 25.3 Å². The second kappa shape index (κ2) is 8.54. The van der Waals surface area contributed by atoms with Gasteiger partial charge in [0, 0.05) is 5.56 Å². The quantitative estimate of drug-likeness (QED) is 0.700. The Hall–Kier alpha value is -3.07. The van der Waals surface area contributed by atoms with Crippen LogP contribution in [0.4, 0.5) is 5.00 Å². The van der Waals surface area contributed by atoms with Gasteiger partial charge in [0.05, 0.1) is 31.3 Å². The first-order valence-electron chi connectivity index (χ1n) is 7.97. The number of rotatable bonds is 7. The third-order valence-electron chi connectivity index (χ3n) is 3.72. The van der Waals surface area contributed by atoms with Crippen molar-refractivity contribution in [3.05, 3.63) is 39.8 Å². The van der Waals surface area contributed by atoms with Crippen molar-refractivity contribution in [2.24, 2.45) is 5.73 Å². The lowest BCUT2D eigenvalue weighted by Crippen LogP contribution is -2.15. The fourth-order valence-corrected chi connectivity index (χ4v) is 3.48. The van der Waals surface area contributed by atoms with Crippen LogP contribution in [-0.4, -0.2) is 38.6 Å². The summed E-state index contributed by atoms with van der Waals surface area (Å²) in [5.41, 5.74) is 6.13. The van der Waals surface area contributed by atoms with E-state index < -0.39 is 17.8 Å². The first-order valence-corrected chi connectivity index (χ1v) is 8.79. The molecule has 144 valence electrons. The van der Waals surface area contributed by atoms with Crippen LogP contribution in [-0.2, 0) is 4.74 Å². The summed E-state index contributed by atoms with van der Waals surface area (Å²) in [5, 5.41) is 2.84. The molecule has 0 saturated heterocycles. The number of hydrogen-bond acceptors (Lipinski definition) is 7. The molecular formula is C18H20N2O6S. The Balaban J connectivity index is 2.41. The van der Waals surface area contributed by atoms with E-state index in [-0.39, 0.29) is 27.6 Å². The number of primary amides is 1. The van der Waals surface area contributed by atoms with E-state index >= 15 is 0 Å². The normalized spacial score (nSPS) is 10.2. The number of esters is 1. The summed E-state index contributed by atoms with van der Waals surface area (Å²) < 4.78 is 15.4. The Morgan fingerprint density at radius 2 is 1.81 bits per heavy atom. The standard InChI is InChI=1S/C18H20N2O6S/c1-5-26-18(23)13-9(2)14(15(19)21)27-17(13)20-16(22)10-6-7-11(24-3)12(8-10)25-4/h6-8H,5H2,1-4H3,(H2,19,21)(H,20,22). The molecule has 0 radical (unpaired) electrons. The van der Waals surface area contributed by atoms with Crippen LogP contribution < -0.4 is 20.5 Å². The molecule has 0 bridgehead atoms. The zero-order valence-electron chi connectivity index (χ0n) is 15.4. The highest BCUT2D eigenvalue weighted by Crippen LogP contribution is 2.34. The van der Waals surface area contributed by atoms with Gasteiger partial charge in [0.25, 0.3) is 11.8 Å². The number of anilines is 1. The molecule has 0 saturated carbocycles. The monoisotopic (exact) mass is 392 g/mol. The molecule has 9 heteroatoms. The molecule has 0 aliphatic heterocycles. The summed E-state index contributed by atoms with van der Waals surface area (Å²) in [6.07, 6.45) is 0. The van der Waals surface area contributed by atoms with Crippen LogP contribution in [0, 0.1) is 6.92 Å². The first-order chi connectivity index (χ1) is 12.8. The predicted molar refractivity (Wildman–Crippen MR) is 101 cm³/mol. The van der Waals surface area contributed by atoms with Gasteiger partial charge >= 0.3 is 5.97 Å². The summed E-state index contributed by atoms with van der Waals surface area (Å²) in [4.78, 5) is 36.7. The Kier molecular flexibility index (Phi) is 6.40. The van der Waals surface area contributed by atoms with Gasteiger partial charge in [-0.3, -0.25) is 9.59 Å². The lowest BCUT2D eigenvalue weighted by molar-refractivity contribution is 0.0527. The summed E-state index contributed by atoms with van der Waals surface area (Å²) in [6, 6.07) is 4.65. The molecule has 2 amide bonds. The second-order valence-corrected chi connectivity index (χ2v) is 6.39. The minimum atomic E-state index is -0.685. The number of hydrogen-bond donors (Lipinski definition) is 2. The van der Waals surface area contributed by atoms with Crippen molar-refractivity contribution in [1.29, 1.82) is 0 Å². The van der Waals surface area contributed by atoms with Gasteiger partial charge in [0.2, 0.25) is 0 Å². The predicted octanol–water partition coefficient (Wildman–Crippen LogP) is 2.60. The minimum Gasteiger partial charge on any atom is -0.493 e. The molecule has 1 aromatic heterocycles. The van der Waals surface area contributed by atoms with Gasteiger partial charge in [0.15, 0.2) is 11.5 Å². The van der Waals surface area contributed by atoms with Gasteiger partial charge in [-0.15, -0.1) is 11.3 Å². The molecule has 0 atom stereocenters. The molecule has 27 heavy (non-hydrogen) atoms. The van der Waals surface area contributed by atoms with E-state index in [9.17, 15) is 14.4 Å². The maximum Gasteiger partial charge on any atom is 0.341 e. The molecule has 2 aromatic rings. The SMILES string of the molecule is CCOC(=O)c1c(NC(=O)c2ccc(OC)c(OC)c2)sc(C(N)=O)c1C. The molecular weight excluding hydrogens is 372 g/mol. The molecule has 8 nitrogen and oxygen atoms in total. The Morgan fingerprint density at radius 3 is 2.37 bits per heavy atom. The summed E-state index contributed by atoms with van der Waals surface area (Å²) in [6.45, 7) is 3.40. The number of methoxy groups -OCH3 is 2. The second-order valence-electron chi connectivity index (χ2n) is 5.37. The van der Waals surface area contributed by atoms with Crippen LogP contribution in [0.15, 0.2) is 18.2 Å². The molecule has 0 spiro atoms. The van der Waals surface area contributed by atoms with E-state index in [1.165, 1.54) is 20.3 Å². The van der Waals surface area contributed by atoms with E-state index in [0.29, 0.717) is 17.1 Å². The van der Waals surface area contributed by atoms with Crippen LogP contribution >= 0.6 is 11.3 Å². The zero-order chi connectivity index (χ0) is 20.1. The van der Waals surface area contributed by atoms with Crippen LogP contribution in [0.2, 0.25) is 0 Å². The van der Waals surface area contributed by atoms with Crippen molar-refractivity contribution in [2.75, 3.05) is 26.1 Å². The Labute approximate surface area is 160 Å². The van der Waals surface area contributed by atoms with E-state index in [4.69, 9.17) is 19.9 Å². The summed E-state index contributed by atoms with van der Waals surface area (Å²) in [5.74, 6) is -0.949. The molecule has 1 heterocycles. The molecule has 0 unspecified atom stereocenters. The van der Waals surface area contributed by atoms with Gasteiger partial charge in [0.1, 0.15) is 5.00 Å². The zero-order valence-corrected chi connectivity index (χ0v) is 16.2. The number of amides is 2. The third-order valence-corrected chi connectivity index (χ3v) is 4.94. The van der Waals surface area contributed by atoms with E-state index in [0.717, 1.165) is 11.3 Å². The van der Waals surface area contributed by atoms with Crippen LogP contribution in [0.3, 0.4) is 0 Å². The number of ether oxygens (including phenoxy) is 3. The van der Waals surface area contributed by atoms with Gasteiger partial charge in [-0.25, -0.2) is 4.79 Å². The Morgan fingerprint density at radius 1 is 1.15 bits per heavy atom. The molecule has 2 rings (SSSR count). The lowest BCUT2D eigenvalue weighted by Gasteiger charge is -2.10. The number of nitrogens with one attached hydrogen (secondary N) is 1. The minimum absolute atomic E-state index is 0.115. The number of carbonyl (C=O) groups is 3. The largest absolute Gasteiger partial charge is 0.493 e. The molecule has 0 aliphatic carbocycles. The maximum atomic E-state index is 12.6. The summed E-state index contributed by atoms with van der Waals surface area (Å²) in [7, 11) is 2.95. The van der Waals surface area contributed by atoms with Crippen molar-refractivity contribution < 1.29 is 28.6 Å². The van der Waals surface area contributed by atoms with E-state index in [1.54, 1.807) is 26.0 Å². The van der Waals surface area contributed by atoms with Crippen molar-refractivity contribution in [2.45, 2.75) is 13.8 Å². The van der Waals surface area contributed by atoms with E-state index in [2.05, 4.69) is 5.32 Å². The van der Waals surface area contributed by atoms with Crippen molar-refractivity contribution in [1.82, 2.24) is 0 Å². The molecule has 1 aromatic carbocycles. The smallest absolute Gasteiger partial charge is 0.341 e. The van der Waals surface area contributed by atoms with Crippen molar-refractivity contribution in [3.8, 4) is 11.5 Å². The highest BCUT2D eigenvalue weighted by atomic mass is 32.1. The van der Waals surface area contributed by atoms with Gasteiger partial charge in [-0.05, 0) is 37.6 Å². The number of benzene rings is 1. The maximum absolute atomic E-state index is 12.6. The van der Waals surface area contributed by atoms with Crippen molar-refractivity contribution in [3.63, 3.8) is 0 Å². The fraction of sp³-hybridized carbons (Fsp3) is 0.278. The van der Waals surface area contributed by atoms with Crippen LogP contribution in [0.1, 0.15) is 42.9 Å². The summed E-state index contributed by atoms with van der Waals surface area (Å²) >= 11 is 0.926. The lowest BCUT2D eigenvalue weighted by atomic mass is 10.1. The van der Waals surface area contributed by atoms with Crippen LogP contribution in [0.25, 0.3) is 0 Å². The molecule has 0 fully saturated rings. The van der Waals surface area contributed by atoms with Gasteiger partial charge in [-0.1, -0.05) is 0 Å². The topological polar surface area (TPSA) is 117 Å². The highest BCUT2D eigenvalue weighted by Gasteiger charge is 2.26. The number of nitrogens with two attached hydrogens (primary N) is 1. The van der Waals surface area contributed by atoms with Crippen LogP contribution in [0.5, 0.6) is 11.5 Å².